The van der Waals surface area contributed by atoms with Gasteiger partial charge in [0.2, 0.25) is 0 Å². The highest BCUT2D eigenvalue weighted by Gasteiger charge is 2.31. The molecule has 7 nitrogen and oxygen atoms in total. The topological polar surface area (TPSA) is 81.9 Å². The minimum Gasteiger partial charge on any atom is -0.406 e. The minimum atomic E-state index is -4.82. The number of carbonyl (C=O) groups excluding carboxylic acids is 1. The van der Waals surface area contributed by atoms with E-state index in [1.165, 1.54) is 16.8 Å². The summed E-state index contributed by atoms with van der Waals surface area (Å²) in [4.78, 5) is 16.1. The smallest absolute Gasteiger partial charge is 0.406 e. The second kappa shape index (κ2) is 7.21. The van der Waals surface area contributed by atoms with Crippen LogP contribution in [-0.2, 0) is 6.54 Å². The summed E-state index contributed by atoms with van der Waals surface area (Å²) in [5.74, 6) is -1.03. The molecule has 0 saturated carbocycles. The van der Waals surface area contributed by atoms with Gasteiger partial charge in [-0.05, 0) is 30.3 Å². The van der Waals surface area contributed by atoms with Crippen molar-refractivity contribution in [2.45, 2.75) is 12.9 Å². The fraction of sp³-hybridized carbons (Fsp3) is 0.125. The number of benzene rings is 1. The van der Waals surface area contributed by atoms with Gasteiger partial charge in [0.15, 0.2) is 0 Å². The predicted octanol–water partition coefficient (Wildman–Crippen LogP) is 2.49. The van der Waals surface area contributed by atoms with Gasteiger partial charge in [0, 0.05) is 11.8 Å². The molecule has 0 spiro atoms. The molecule has 1 N–H and O–H groups in total. The number of nitrogens with one attached hydrogen (secondary N) is 1. The summed E-state index contributed by atoms with van der Waals surface area (Å²) in [6, 6.07) is 8.34. The van der Waals surface area contributed by atoms with Crippen LogP contribution in [0.15, 0.2) is 55.0 Å². The number of alkyl halides is 3. The number of nitrogens with zero attached hydrogens (tertiary/aromatic N) is 4. The van der Waals surface area contributed by atoms with E-state index in [0.717, 1.165) is 12.1 Å². The number of carbonyl (C=O) groups is 1. The van der Waals surface area contributed by atoms with Gasteiger partial charge in [-0.25, -0.2) is 4.68 Å². The third-order valence-corrected chi connectivity index (χ3v) is 3.21. The summed E-state index contributed by atoms with van der Waals surface area (Å²) < 4.78 is 42.0. The van der Waals surface area contributed by atoms with Crippen LogP contribution in [-0.4, -0.2) is 32.2 Å². The molecular formula is C16H12F3N5O2. The van der Waals surface area contributed by atoms with E-state index < -0.39 is 18.0 Å². The van der Waals surface area contributed by atoms with E-state index >= 15 is 0 Å². The number of aromatic nitrogens is 4. The molecule has 0 saturated heterocycles. The summed E-state index contributed by atoms with van der Waals surface area (Å²) in [6.45, 7) is 0.0590. The van der Waals surface area contributed by atoms with Gasteiger partial charge in [0.05, 0.1) is 24.6 Å². The van der Waals surface area contributed by atoms with Gasteiger partial charge in [-0.1, -0.05) is 11.3 Å². The van der Waals surface area contributed by atoms with Crippen LogP contribution in [0.25, 0.3) is 5.69 Å². The molecule has 0 atom stereocenters. The van der Waals surface area contributed by atoms with Crippen molar-refractivity contribution < 1.29 is 22.7 Å². The molecule has 0 aliphatic carbocycles. The van der Waals surface area contributed by atoms with Gasteiger partial charge < -0.3 is 10.1 Å². The summed E-state index contributed by atoms with van der Waals surface area (Å²) in [5.41, 5.74) is 1.21. The van der Waals surface area contributed by atoms with Crippen LogP contribution in [0.1, 0.15) is 16.1 Å². The van der Waals surface area contributed by atoms with E-state index in [1.807, 2.05) is 0 Å². The van der Waals surface area contributed by atoms with Crippen molar-refractivity contribution in [3.63, 3.8) is 0 Å². The number of hydrogen-bond acceptors (Lipinski definition) is 5. The summed E-state index contributed by atoms with van der Waals surface area (Å²) in [6.07, 6.45) is 0.0156. The highest BCUT2D eigenvalue weighted by Crippen LogP contribution is 2.23. The molecule has 1 amide bonds. The van der Waals surface area contributed by atoms with Crippen LogP contribution in [0.5, 0.6) is 5.75 Å². The Morgan fingerprint density at radius 3 is 2.81 bits per heavy atom. The van der Waals surface area contributed by atoms with E-state index in [2.05, 4.69) is 25.3 Å². The summed E-state index contributed by atoms with van der Waals surface area (Å²) in [7, 11) is 0. The number of hydrogen-bond donors (Lipinski definition) is 1. The highest BCUT2D eigenvalue weighted by atomic mass is 19.4. The van der Waals surface area contributed by atoms with Crippen LogP contribution >= 0.6 is 0 Å². The quantitative estimate of drug-likeness (QED) is 0.753. The number of amides is 1. The molecule has 0 fully saturated rings. The minimum absolute atomic E-state index is 0.0337. The lowest BCUT2D eigenvalue weighted by atomic mass is 10.2. The average molecular weight is 363 g/mol. The number of rotatable bonds is 5. The first-order valence-corrected chi connectivity index (χ1v) is 7.36. The summed E-state index contributed by atoms with van der Waals surface area (Å²) in [5, 5.41) is 10.4. The van der Waals surface area contributed by atoms with Crippen LogP contribution in [0.3, 0.4) is 0 Å². The second-order valence-corrected chi connectivity index (χ2v) is 5.12. The van der Waals surface area contributed by atoms with E-state index in [1.54, 1.807) is 30.7 Å². The van der Waals surface area contributed by atoms with Crippen molar-refractivity contribution in [2.24, 2.45) is 0 Å². The van der Waals surface area contributed by atoms with Crippen molar-refractivity contribution >= 4 is 5.91 Å². The van der Waals surface area contributed by atoms with E-state index in [-0.39, 0.29) is 12.1 Å². The van der Waals surface area contributed by atoms with Gasteiger partial charge >= 0.3 is 6.36 Å². The number of pyridine rings is 1. The zero-order valence-corrected chi connectivity index (χ0v) is 13.1. The number of ether oxygens (including phenoxy) is 1. The van der Waals surface area contributed by atoms with Gasteiger partial charge in [-0.15, -0.1) is 18.3 Å². The molecule has 26 heavy (non-hydrogen) atoms. The average Bonchev–Trinajstić information content (AvgIpc) is 3.08. The predicted molar refractivity (Wildman–Crippen MR) is 83.4 cm³/mol. The first-order valence-electron chi connectivity index (χ1n) is 7.36. The lowest BCUT2D eigenvalue weighted by Crippen LogP contribution is -2.23. The lowest BCUT2D eigenvalue weighted by molar-refractivity contribution is -0.274. The fourth-order valence-corrected chi connectivity index (χ4v) is 2.10. The third-order valence-electron chi connectivity index (χ3n) is 3.21. The monoisotopic (exact) mass is 363 g/mol. The molecule has 0 bridgehead atoms. The van der Waals surface area contributed by atoms with Crippen LogP contribution in [0.4, 0.5) is 13.2 Å². The molecule has 10 heteroatoms. The molecule has 3 rings (SSSR count). The Kier molecular flexibility index (Phi) is 4.83. The van der Waals surface area contributed by atoms with Crippen LogP contribution in [0.2, 0.25) is 0 Å². The SMILES string of the molecule is O=C(NCc1cn(-c2cccnc2)nn1)c1cccc(OC(F)(F)F)c1. The highest BCUT2D eigenvalue weighted by molar-refractivity contribution is 5.94. The third kappa shape index (κ3) is 4.56. The molecule has 0 aliphatic rings. The van der Waals surface area contributed by atoms with Crippen molar-refractivity contribution in [3.05, 3.63) is 66.2 Å². The first kappa shape index (κ1) is 17.4. The number of halogens is 3. The molecule has 3 aromatic rings. The largest absolute Gasteiger partial charge is 0.573 e. The van der Waals surface area contributed by atoms with Crippen molar-refractivity contribution in [1.82, 2.24) is 25.3 Å². The van der Waals surface area contributed by atoms with E-state index in [9.17, 15) is 18.0 Å². The Morgan fingerprint density at radius 1 is 1.23 bits per heavy atom. The van der Waals surface area contributed by atoms with E-state index in [0.29, 0.717) is 11.4 Å². The zero-order valence-electron chi connectivity index (χ0n) is 13.1. The molecule has 0 radical (unpaired) electrons. The Morgan fingerprint density at radius 2 is 2.08 bits per heavy atom. The molecule has 2 heterocycles. The van der Waals surface area contributed by atoms with Crippen molar-refractivity contribution in [3.8, 4) is 11.4 Å². The van der Waals surface area contributed by atoms with E-state index in [4.69, 9.17) is 0 Å². The standard InChI is InChI=1S/C16H12F3N5O2/c17-16(18,19)26-14-5-1-3-11(7-14)15(25)21-8-12-10-24(23-22-12)13-4-2-6-20-9-13/h1-7,9-10H,8H2,(H,21,25). The molecule has 134 valence electrons. The van der Waals surface area contributed by atoms with Crippen molar-refractivity contribution in [2.75, 3.05) is 0 Å². The van der Waals surface area contributed by atoms with Gasteiger partial charge in [0.25, 0.3) is 5.91 Å². The molecule has 0 unspecified atom stereocenters. The molecular weight excluding hydrogens is 351 g/mol. The Hall–Kier alpha value is -3.43. The first-order chi connectivity index (χ1) is 12.4. The Labute approximate surface area is 145 Å². The van der Waals surface area contributed by atoms with Gasteiger partial charge in [-0.2, -0.15) is 0 Å². The maximum absolute atomic E-state index is 12.2. The molecule has 1 aromatic carbocycles. The van der Waals surface area contributed by atoms with Crippen LogP contribution < -0.4 is 10.1 Å². The second-order valence-electron chi connectivity index (χ2n) is 5.12. The maximum Gasteiger partial charge on any atom is 0.573 e. The van der Waals surface area contributed by atoms with Crippen LogP contribution in [0, 0.1) is 0 Å². The molecule has 0 aliphatic heterocycles. The van der Waals surface area contributed by atoms with Gasteiger partial charge in [-0.3, -0.25) is 9.78 Å². The Bertz CT molecular complexity index is 896. The maximum atomic E-state index is 12.2. The zero-order chi connectivity index (χ0) is 18.6. The molecule has 2 aromatic heterocycles. The Balaban J connectivity index is 1.63. The van der Waals surface area contributed by atoms with Crippen molar-refractivity contribution in [1.29, 1.82) is 0 Å². The fourth-order valence-electron chi connectivity index (χ4n) is 2.10. The lowest BCUT2D eigenvalue weighted by Gasteiger charge is -2.10. The van der Waals surface area contributed by atoms with Gasteiger partial charge in [0.1, 0.15) is 11.4 Å². The summed E-state index contributed by atoms with van der Waals surface area (Å²) >= 11 is 0. The normalized spacial score (nSPS) is 11.2.